The van der Waals surface area contributed by atoms with E-state index in [4.69, 9.17) is 0 Å². The summed E-state index contributed by atoms with van der Waals surface area (Å²) in [5, 5.41) is 10.0. The van der Waals surface area contributed by atoms with Crippen LogP contribution in [-0.4, -0.2) is 11.0 Å². The number of fused-ring (bicyclic) bond motifs is 1. The zero-order chi connectivity index (χ0) is 14.6. The zero-order valence-electron chi connectivity index (χ0n) is 9.36. The van der Waals surface area contributed by atoms with Crippen molar-refractivity contribution in [1.29, 1.82) is 0 Å². The monoisotopic (exact) mass is 342 g/mol. The van der Waals surface area contributed by atoms with Gasteiger partial charge in [0.2, 0.25) is 0 Å². The predicted molar refractivity (Wildman–Crippen MR) is 61.7 cm³/mol. The van der Waals surface area contributed by atoms with E-state index in [2.05, 4.69) is 22.5 Å². The van der Waals surface area contributed by atoms with E-state index in [1.165, 1.54) is 0 Å². The summed E-state index contributed by atoms with van der Waals surface area (Å²) in [4.78, 5) is 0. The molecule has 0 saturated carbocycles. The van der Waals surface area contributed by atoms with Gasteiger partial charge >= 0.3 is 11.8 Å². The summed E-state index contributed by atoms with van der Waals surface area (Å²) in [7, 11) is 0. The highest BCUT2D eigenvalue weighted by Crippen LogP contribution is 2.63. The molecule has 19 heavy (non-hydrogen) atoms. The average molecular weight is 343 g/mol. The number of benzene rings is 1. The fraction of sp³-hybridized carbons (Fsp3) is 0.333. The summed E-state index contributed by atoms with van der Waals surface area (Å²) in [6, 6.07) is 1.65. The molecule has 2 rings (SSSR count). The van der Waals surface area contributed by atoms with Crippen molar-refractivity contribution in [3.8, 4) is 0 Å². The first kappa shape index (κ1) is 14.5. The van der Waals surface area contributed by atoms with Crippen LogP contribution in [0.15, 0.2) is 29.3 Å². The van der Waals surface area contributed by atoms with Crippen LogP contribution < -0.4 is 0 Å². The van der Waals surface area contributed by atoms with Gasteiger partial charge in [-0.15, -0.1) is 6.58 Å². The van der Waals surface area contributed by atoms with Gasteiger partial charge in [0.1, 0.15) is 5.82 Å². The molecule has 1 aromatic carbocycles. The predicted octanol–water partition coefficient (Wildman–Crippen LogP) is 4.09. The van der Waals surface area contributed by atoms with Gasteiger partial charge in [0, 0.05) is 16.5 Å². The number of aliphatic hydroxyl groups is 1. The normalized spacial score (nSPS) is 27.1. The van der Waals surface area contributed by atoms with E-state index in [0.29, 0.717) is 6.07 Å². The number of hydrogen-bond acceptors (Lipinski definition) is 1. The standard InChI is InChI=1S/C12H8BrF5O/c1-2-5-10(19)8-6(13)3-4-7(14)9(8)11(15,16)12(10,17)18/h2-4,19H,1,5H2/t10-/m1/s1. The summed E-state index contributed by atoms with van der Waals surface area (Å²) in [6.07, 6.45) is 0.0566. The minimum absolute atomic E-state index is 0.204. The van der Waals surface area contributed by atoms with Crippen LogP contribution in [-0.2, 0) is 11.5 Å². The zero-order valence-corrected chi connectivity index (χ0v) is 10.9. The summed E-state index contributed by atoms with van der Waals surface area (Å²) < 4.78 is 68.6. The smallest absolute Gasteiger partial charge is 0.347 e. The molecule has 0 saturated heterocycles. The Morgan fingerprint density at radius 2 is 1.79 bits per heavy atom. The lowest BCUT2D eigenvalue weighted by Crippen LogP contribution is -2.48. The third-order valence-corrected chi connectivity index (χ3v) is 3.85. The van der Waals surface area contributed by atoms with Gasteiger partial charge in [-0.05, 0) is 12.1 Å². The van der Waals surface area contributed by atoms with Crippen molar-refractivity contribution in [3.05, 3.63) is 46.2 Å². The molecule has 0 unspecified atom stereocenters. The Balaban J connectivity index is 2.90. The molecule has 1 aromatic rings. The molecule has 0 spiro atoms. The second kappa shape index (κ2) is 4.02. The van der Waals surface area contributed by atoms with Crippen LogP contribution in [0.1, 0.15) is 17.5 Å². The highest BCUT2D eigenvalue weighted by atomic mass is 79.9. The third-order valence-electron chi connectivity index (χ3n) is 3.18. The minimum Gasteiger partial charge on any atom is -0.378 e. The molecule has 1 atom stereocenters. The van der Waals surface area contributed by atoms with Crippen molar-refractivity contribution in [3.63, 3.8) is 0 Å². The molecule has 1 N–H and O–H groups in total. The third kappa shape index (κ3) is 1.54. The van der Waals surface area contributed by atoms with Gasteiger partial charge in [-0.3, -0.25) is 0 Å². The maximum atomic E-state index is 13.9. The van der Waals surface area contributed by atoms with E-state index in [1.807, 2.05) is 0 Å². The SMILES string of the molecule is C=CC[C@@]1(O)c2c(Br)ccc(F)c2C(F)(F)C1(F)F. The average Bonchev–Trinajstić information content (AvgIpc) is 2.42. The van der Waals surface area contributed by atoms with Gasteiger partial charge in [-0.25, -0.2) is 4.39 Å². The van der Waals surface area contributed by atoms with E-state index in [9.17, 15) is 27.1 Å². The Kier molecular flexibility index (Phi) is 3.06. The second-order valence-electron chi connectivity index (χ2n) is 4.28. The lowest BCUT2D eigenvalue weighted by Gasteiger charge is -2.31. The Morgan fingerprint density at radius 1 is 1.21 bits per heavy atom. The summed E-state index contributed by atoms with van der Waals surface area (Å²) >= 11 is 2.80. The van der Waals surface area contributed by atoms with Crippen LogP contribution in [0, 0.1) is 5.82 Å². The van der Waals surface area contributed by atoms with Crippen molar-refractivity contribution in [2.45, 2.75) is 23.9 Å². The summed E-state index contributed by atoms with van der Waals surface area (Å²) in [5.74, 6) is -11.1. The van der Waals surface area contributed by atoms with Gasteiger partial charge in [-0.2, -0.15) is 17.6 Å². The molecule has 104 valence electrons. The molecule has 1 aliphatic rings. The van der Waals surface area contributed by atoms with Gasteiger partial charge in [-0.1, -0.05) is 22.0 Å². The van der Waals surface area contributed by atoms with Crippen LogP contribution in [0.3, 0.4) is 0 Å². The lowest BCUT2D eigenvalue weighted by atomic mass is 9.89. The largest absolute Gasteiger partial charge is 0.378 e. The number of alkyl halides is 4. The summed E-state index contributed by atoms with van der Waals surface area (Å²) in [5.41, 5.74) is -5.51. The highest BCUT2D eigenvalue weighted by molar-refractivity contribution is 9.10. The molecular formula is C12H8BrF5O. The van der Waals surface area contributed by atoms with Crippen LogP contribution in [0.25, 0.3) is 0 Å². The molecule has 0 bridgehead atoms. The fourth-order valence-electron chi connectivity index (χ4n) is 2.28. The molecule has 0 fully saturated rings. The Bertz CT molecular complexity index is 557. The number of hydrogen-bond donors (Lipinski definition) is 1. The van der Waals surface area contributed by atoms with Crippen LogP contribution in [0.4, 0.5) is 22.0 Å². The quantitative estimate of drug-likeness (QED) is 0.634. The van der Waals surface area contributed by atoms with Crippen molar-refractivity contribution in [2.24, 2.45) is 0 Å². The van der Waals surface area contributed by atoms with Crippen LogP contribution in [0.2, 0.25) is 0 Å². The Morgan fingerprint density at radius 3 is 2.32 bits per heavy atom. The maximum Gasteiger partial charge on any atom is 0.347 e. The first-order valence-electron chi connectivity index (χ1n) is 5.19. The Labute approximate surface area is 113 Å². The van der Waals surface area contributed by atoms with E-state index in [0.717, 1.165) is 12.1 Å². The molecule has 7 heteroatoms. The van der Waals surface area contributed by atoms with Crippen LogP contribution >= 0.6 is 15.9 Å². The van der Waals surface area contributed by atoms with E-state index < -0.39 is 40.8 Å². The first-order valence-corrected chi connectivity index (χ1v) is 5.98. The number of halogens is 6. The Hall–Kier alpha value is -0.950. The molecule has 0 aliphatic heterocycles. The first-order chi connectivity index (χ1) is 8.61. The molecule has 0 heterocycles. The van der Waals surface area contributed by atoms with Crippen molar-refractivity contribution in [1.82, 2.24) is 0 Å². The highest BCUT2D eigenvalue weighted by Gasteiger charge is 2.77. The molecule has 0 aromatic heterocycles. The molecule has 0 radical (unpaired) electrons. The van der Waals surface area contributed by atoms with Crippen molar-refractivity contribution in [2.75, 3.05) is 0 Å². The van der Waals surface area contributed by atoms with E-state index in [1.54, 1.807) is 0 Å². The van der Waals surface area contributed by atoms with Gasteiger partial charge in [0.05, 0.1) is 5.56 Å². The van der Waals surface area contributed by atoms with Crippen LogP contribution in [0.5, 0.6) is 0 Å². The van der Waals surface area contributed by atoms with Gasteiger partial charge < -0.3 is 5.11 Å². The second-order valence-corrected chi connectivity index (χ2v) is 5.14. The van der Waals surface area contributed by atoms with Crippen molar-refractivity contribution >= 4 is 15.9 Å². The molecule has 1 aliphatic carbocycles. The number of rotatable bonds is 2. The minimum atomic E-state index is -4.83. The lowest BCUT2D eigenvalue weighted by molar-refractivity contribution is -0.285. The molecule has 1 nitrogen and oxygen atoms in total. The maximum absolute atomic E-state index is 13.9. The van der Waals surface area contributed by atoms with Crippen molar-refractivity contribution < 1.29 is 27.1 Å². The van der Waals surface area contributed by atoms with E-state index in [-0.39, 0.29) is 4.47 Å². The fourth-order valence-corrected chi connectivity index (χ4v) is 2.93. The van der Waals surface area contributed by atoms with E-state index >= 15 is 0 Å². The summed E-state index contributed by atoms with van der Waals surface area (Å²) in [6.45, 7) is 3.16. The van der Waals surface area contributed by atoms with Gasteiger partial charge in [0.25, 0.3) is 0 Å². The topological polar surface area (TPSA) is 20.2 Å². The molecule has 0 amide bonds. The molecular weight excluding hydrogens is 335 g/mol. The van der Waals surface area contributed by atoms with Gasteiger partial charge in [0.15, 0.2) is 5.60 Å².